The average molecular weight is 740 g/mol. The first-order valence-corrected chi connectivity index (χ1v) is 20.6. The summed E-state index contributed by atoms with van der Waals surface area (Å²) in [5.41, 5.74) is 6.27. The van der Waals surface area contributed by atoms with E-state index < -0.39 is 20.2 Å². The quantitative estimate of drug-likeness (QED) is 0.115. The molecule has 0 radical (unpaired) electrons. The van der Waals surface area contributed by atoms with E-state index in [1.54, 1.807) is 24.3 Å². The summed E-state index contributed by atoms with van der Waals surface area (Å²) in [6, 6.07) is 17.4. The highest BCUT2D eigenvalue weighted by atomic mass is 32.2. The molecule has 2 aliphatic rings. The van der Waals surface area contributed by atoms with Gasteiger partial charge in [-0.3, -0.25) is 9.11 Å². The molecule has 0 unspecified atom stereocenters. The van der Waals surface area contributed by atoms with Crippen molar-refractivity contribution in [2.45, 2.75) is 69.8 Å². The number of allylic oxidation sites excluding steroid dienone is 6. The average Bonchev–Trinajstić information content (AvgIpc) is 3.62. The van der Waals surface area contributed by atoms with Crippen LogP contribution in [0.25, 0.3) is 38.7 Å². The predicted molar refractivity (Wildman–Crippen MR) is 208 cm³/mol. The Hall–Kier alpha value is -4.75. The van der Waals surface area contributed by atoms with E-state index in [4.69, 9.17) is 0 Å². The van der Waals surface area contributed by atoms with Crippen LogP contribution in [-0.4, -0.2) is 43.6 Å². The van der Waals surface area contributed by atoms with Crippen LogP contribution in [0, 0.1) is 0 Å². The molecule has 0 spiro atoms. The minimum absolute atomic E-state index is 0.0947. The van der Waals surface area contributed by atoms with E-state index in [1.807, 2.05) is 24.3 Å². The summed E-state index contributed by atoms with van der Waals surface area (Å²) in [4.78, 5) is 4.25. The highest BCUT2D eigenvalue weighted by Crippen LogP contribution is 2.47. The maximum Gasteiger partial charge on any atom is 0.295 e. The van der Waals surface area contributed by atoms with Gasteiger partial charge in [0, 0.05) is 40.7 Å². The fourth-order valence-corrected chi connectivity index (χ4v) is 9.41. The zero-order chi connectivity index (χ0) is 36.9. The first-order chi connectivity index (χ1) is 24.9. The fourth-order valence-electron chi connectivity index (χ4n) is 7.99. The van der Waals surface area contributed by atoms with Gasteiger partial charge in [-0.2, -0.15) is 16.8 Å². The van der Waals surface area contributed by atoms with Crippen LogP contribution in [0.4, 0.5) is 11.4 Å². The molecule has 1 aliphatic carbocycles. The lowest BCUT2D eigenvalue weighted by Crippen LogP contribution is -2.35. The Morgan fingerprint density at radius 1 is 0.712 bits per heavy atom. The van der Waals surface area contributed by atoms with Gasteiger partial charge in [0.25, 0.3) is 26.1 Å². The lowest BCUT2D eigenvalue weighted by atomic mass is 9.94. The fraction of sp³-hybridized carbons (Fsp3) is 0.275. The maximum atomic E-state index is 12.2. The van der Waals surface area contributed by atoms with Gasteiger partial charge in [-0.25, -0.2) is 9.13 Å². The molecule has 270 valence electrons. The molecule has 52 heavy (non-hydrogen) atoms. The van der Waals surface area contributed by atoms with Crippen LogP contribution in [0.15, 0.2) is 112 Å². The van der Waals surface area contributed by atoms with Crippen molar-refractivity contribution in [3.63, 3.8) is 0 Å². The summed E-state index contributed by atoms with van der Waals surface area (Å²) < 4.78 is 73.0. The summed E-state index contributed by atoms with van der Waals surface area (Å²) in [7, 11) is -8.77. The van der Waals surface area contributed by atoms with Crippen molar-refractivity contribution < 1.29 is 30.5 Å². The Labute approximate surface area is 304 Å². The Morgan fingerprint density at radius 2 is 1.37 bits per heavy atom. The summed E-state index contributed by atoms with van der Waals surface area (Å²) in [6.07, 6.45) is 13.8. The number of rotatable bonds is 9. The predicted octanol–water partition coefficient (Wildman–Crippen LogP) is 8.03. The molecule has 0 saturated heterocycles. The van der Waals surface area contributed by atoms with Crippen LogP contribution in [-0.2, 0) is 33.3 Å². The van der Waals surface area contributed by atoms with Gasteiger partial charge in [-0.1, -0.05) is 42.5 Å². The molecule has 0 bridgehead atoms. The molecule has 12 heteroatoms. The third-order valence-electron chi connectivity index (χ3n) is 10.2. The number of fused-ring (bicyclic) bond motifs is 6. The van der Waals surface area contributed by atoms with E-state index in [-0.39, 0.29) is 9.79 Å². The van der Waals surface area contributed by atoms with Gasteiger partial charge in [0.15, 0.2) is 11.0 Å². The molecule has 7 rings (SSSR count). The summed E-state index contributed by atoms with van der Waals surface area (Å²) in [6.45, 7) is 11.1. The molecule has 2 N–H and O–H groups in total. The monoisotopic (exact) mass is 739 g/mol. The molecule has 5 aromatic rings. The second kappa shape index (κ2) is 13.7. The van der Waals surface area contributed by atoms with Crippen molar-refractivity contribution in [3.8, 4) is 0 Å². The topological polar surface area (TPSA) is 124 Å². The zero-order valence-corrected chi connectivity index (χ0v) is 31.4. The number of anilines is 2. The number of hydrogen-bond acceptors (Lipinski definition) is 6. The maximum absolute atomic E-state index is 12.2. The van der Waals surface area contributed by atoms with E-state index in [0.717, 1.165) is 77.2 Å². The van der Waals surface area contributed by atoms with Crippen LogP contribution in [0.5, 0.6) is 0 Å². The van der Waals surface area contributed by atoms with Gasteiger partial charge < -0.3 is 9.80 Å². The van der Waals surface area contributed by atoms with Crippen molar-refractivity contribution in [1.82, 2.24) is 4.57 Å². The molecule has 0 atom stereocenters. The third-order valence-corrected chi connectivity index (χ3v) is 12.0. The molecule has 1 aliphatic heterocycles. The Bertz CT molecular complexity index is 2620. The standard InChI is InChI=1S/C40H42N4O6S2/c1-5-41-33-22-20-29-31(14-10-16-35(29)51(45,46)47)39(33)43(7-3)37(41)24-18-27-12-9-13-28(26-27)19-25-38-42(6-2)34-23-21-30-32(40(34)44(38)8-4)15-11-17-36(30)52(48,49)50/h10-11,14-26H,5-9,12-13H2,1-4H3,(H-,45,46,47,48,49,50)/p+1. The van der Waals surface area contributed by atoms with Gasteiger partial charge in [-0.15, -0.1) is 0 Å². The van der Waals surface area contributed by atoms with Crippen LogP contribution < -0.4 is 14.4 Å². The first-order valence-electron chi connectivity index (χ1n) is 17.7. The van der Waals surface area contributed by atoms with Gasteiger partial charge in [0.2, 0.25) is 0 Å². The Morgan fingerprint density at radius 3 is 2.00 bits per heavy atom. The summed E-state index contributed by atoms with van der Waals surface area (Å²) in [5, 5.41) is 2.53. The van der Waals surface area contributed by atoms with Crippen molar-refractivity contribution >= 4 is 70.3 Å². The molecule has 0 amide bonds. The SMILES string of the molecule is CCN1/C(=C/C=C2C=C(/C=C/c3n(CC)c4ccc5c(S(=O)(=O)O)cccc5c4[n+]3CC)CCC/2)N(CC)c2c1ccc1c(S(=O)(=O)O)cccc21. The number of hydrogen-bond donors (Lipinski definition) is 2. The van der Waals surface area contributed by atoms with Crippen LogP contribution in [0.3, 0.4) is 0 Å². The van der Waals surface area contributed by atoms with Crippen molar-refractivity contribution in [3.05, 3.63) is 108 Å². The van der Waals surface area contributed by atoms with Crippen molar-refractivity contribution in [2.24, 2.45) is 0 Å². The van der Waals surface area contributed by atoms with E-state index in [0.29, 0.717) is 23.9 Å². The van der Waals surface area contributed by atoms with E-state index >= 15 is 0 Å². The first kappa shape index (κ1) is 35.6. The number of aromatic nitrogens is 2. The summed E-state index contributed by atoms with van der Waals surface area (Å²) in [5.74, 6) is 2.02. The Kier molecular flexibility index (Phi) is 9.37. The molecule has 1 aromatic heterocycles. The smallest absolute Gasteiger partial charge is 0.295 e. The minimum Gasteiger partial charge on any atom is -0.326 e. The van der Waals surface area contributed by atoms with Crippen molar-refractivity contribution in [2.75, 3.05) is 22.9 Å². The van der Waals surface area contributed by atoms with Crippen LogP contribution >= 0.6 is 0 Å². The number of imidazole rings is 1. The van der Waals surface area contributed by atoms with Gasteiger partial charge in [0.05, 0.1) is 24.5 Å². The lowest BCUT2D eigenvalue weighted by Gasteiger charge is -2.23. The normalized spacial score (nSPS) is 17.1. The van der Waals surface area contributed by atoms with Crippen LogP contribution in [0.2, 0.25) is 0 Å². The number of benzene rings is 4. The van der Waals surface area contributed by atoms with Crippen LogP contribution in [0.1, 0.15) is 52.8 Å². The third kappa shape index (κ3) is 6.03. The van der Waals surface area contributed by atoms with E-state index in [1.165, 1.54) is 23.3 Å². The van der Waals surface area contributed by atoms with Gasteiger partial charge in [0.1, 0.15) is 15.6 Å². The molecular weight excluding hydrogens is 697 g/mol. The molecule has 10 nitrogen and oxygen atoms in total. The minimum atomic E-state index is -4.39. The lowest BCUT2D eigenvalue weighted by molar-refractivity contribution is -0.669. The zero-order valence-electron chi connectivity index (χ0n) is 29.7. The molecule has 4 aromatic carbocycles. The Balaban J connectivity index is 1.26. The number of aryl methyl sites for hydroxylation is 2. The van der Waals surface area contributed by atoms with Crippen molar-refractivity contribution in [1.29, 1.82) is 0 Å². The largest absolute Gasteiger partial charge is 0.326 e. The second-order valence-corrected chi connectivity index (χ2v) is 15.8. The van der Waals surface area contributed by atoms with E-state index in [9.17, 15) is 25.9 Å². The summed E-state index contributed by atoms with van der Waals surface area (Å²) >= 11 is 0. The second-order valence-electron chi connectivity index (χ2n) is 13.0. The molecule has 2 heterocycles. The van der Waals surface area contributed by atoms with Gasteiger partial charge in [-0.05, 0) is 101 Å². The van der Waals surface area contributed by atoms with E-state index in [2.05, 4.69) is 77.0 Å². The van der Waals surface area contributed by atoms with Gasteiger partial charge >= 0.3 is 0 Å². The molecular formula is C40H43N4O6S2+. The molecule has 0 fully saturated rings. The highest BCUT2D eigenvalue weighted by Gasteiger charge is 2.32. The molecule has 0 saturated carbocycles. The highest BCUT2D eigenvalue weighted by molar-refractivity contribution is 7.86. The number of nitrogens with zero attached hydrogens (tertiary/aromatic N) is 4.